The molecule has 1 aromatic heterocycles. The summed E-state index contributed by atoms with van der Waals surface area (Å²) in [6.45, 7) is 1.28. The van der Waals surface area contributed by atoms with E-state index >= 15 is 0 Å². The molecule has 152 valence electrons. The van der Waals surface area contributed by atoms with Crippen molar-refractivity contribution < 1.29 is 14.7 Å². The van der Waals surface area contributed by atoms with E-state index in [9.17, 15) is 14.7 Å². The monoisotopic (exact) mass is 401 g/mol. The van der Waals surface area contributed by atoms with Crippen LogP contribution in [0.4, 0.5) is 0 Å². The minimum Gasteiger partial charge on any atom is -0.481 e. The lowest BCUT2D eigenvalue weighted by Crippen LogP contribution is -2.44. The lowest BCUT2D eigenvalue weighted by Gasteiger charge is -2.40. The van der Waals surface area contributed by atoms with E-state index < -0.39 is 11.9 Å². The summed E-state index contributed by atoms with van der Waals surface area (Å²) in [6.07, 6.45) is 7.54. The fourth-order valence-corrected chi connectivity index (χ4v) is 5.10. The molecule has 0 saturated carbocycles. The zero-order chi connectivity index (χ0) is 20.7. The molecule has 6 nitrogen and oxygen atoms in total. The Kier molecular flexibility index (Phi) is 4.42. The smallest absolute Gasteiger partial charge is 0.311 e. The van der Waals surface area contributed by atoms with Gasteiger partial charge in [-0.2, -0.15) is 0 Å². The summed E-state index contributed by atoms with van der Waals surface area (Å²) < 4.78 is 1.90. The van der Waals surface area contributed by atoms with Gasteiger partial charge >= 0.3 is 5.97 Å². The molecule has 1 fully saturated rings. The number of piperidine rings is 1. The van der Waals surface area contributed by atoms with Gasteiger partial charge in [-0.25, -0.2) is 4.98 Å². The number of likely N-dealkylation sites (tertiary alicyclic amines) is 1. The number of benzene rings is 2. The number of carbonyl (C=O) groups is 2. The van der Waals surface area contributed by atoms with Crippen molar-refractivity contribution in [3.05, 3.63) is 83.9 Å². The van der Waals surface area contributed by atoms with Gasteiger partial charge in [0.15, 0.2) is 0 Å². The van der Waals surface area contributed by atoms with Crippen molar-refractivity contribution in [3.8, 4) is 5.69 Å². The third-order valence-electron chi connectivity index (χ3n) is 6.73. The summed E-state index contributed by atoms with van der Waals surface area (Å²) in [5, 5.41) is 9.68. The summed E-state index contributed by atoms with van der Waals surface area (Å²) >= 11 is 0. The van der Waals surface area contributed by atoms with Gasteiger partial charge < -0.3 is 14.6 Å². The Labute approximate surface area is 174 Å². The van der Waals surface area contributed by atoms with E-state index in [1.165, 1.54) is 0 Å². The van der Waals surface area contributed by atoms with Gasteiger partial charge in [0.05, 0.1) is 12.2 Å². The first-order chi connectivity index (χ1) is 14.6. The molecule has 2 aromatic carbocycles. The van der Waals surface area contributed by atoms with E-state index in [0.717, 1.165) is 29.7 Å². The van der Waals surface area contributed by atoms with Crippen molar-refractivity contribution in [3.63, 3.8) is 0 Å². The van der Waals surface area contributed by atoms with Gasteiger partial charge in [-0.1, -0.05) is 24.3 Å². The van der Waals surface area contributed by atoms with E-state index in [1.54, 1.807) is 12.5 Å². The Morgan fingerprint density at radius 1 is 1.03 bits per heavy atom. The maximum atomic E-state index is 13.0. The Hall–Kier alpha value is -3.41. The van der Waals surface area contributed by atoms with Crippen LogP contribution in [0.3, 0.4) is 0 Å². The largest absolute Gasteiger partial charge is 0.481 e. The van der Waals surface area contributed by atoms with Crippen molar-refractivity contribution in [2.45, 2.75) is 30.6 Å². The molecule has 0 radical (unpaired) electrons. The quantitative estimate of drug-likeness (QED) is 0.727. The topological polar surface area (TPSA) is 75.4 Å². The molecule has 0 bridgehead atoms. The minimum absolute atomic E-state index is 0.0306. The number of nitrogens with zero attached hydrogens (tertiary/aromatic N) is 3. The van der Waals surface area contributed by atoms with Crippen LogP contribution >= 0.6 is 0 Å². The van der Waals surface area contributed by atoms with Crippen LogP contribution < -0.4 is 0 Å². The summed E-state index contributed by atoms with van der Waals surface area (Å²) in [6, 6.07) is 15.5. The summed E-state index contributed by atoms with van der Waals surface area (Å²) in [4.78, 5) is 30.8. The van der Waals surface area contributed by atoms with Crippen LogP contribution in [0.1, 0.15) is 46.7 Å². The van der Waals surface area contributed by atoms with Crippen LogP contribution in [0.25, 0.3) is 5.69 Å². The van der Waals surface area contributed by atoms with Crippen molar-refractivity contribution in [2.75, 3.05) is 13.1 Å². The lowest BCUT2D eigenvalue weighted by atomic mass is 9.73. The number of aromatic nitrogens is 2. The zero-order valence-electron chi connectivity index (χ0n) is 16.6. The van der Waals surface area contributed by atoms with Gasteiger partial charge in [-0.05, 0) is 54.7 Å². The Morgan fingerprint density at radius 2 is 1.77 bits per heavy atom. The lowest BCUT2D eigenvalue weighted by molar-refractivity contribution is -0.139. The van der Waals surface area contributed by atoms with Crippen molar-refractivity contribution >= 4 is 11.9 Å². The van der Waals surface area contributed by atoms with E-state index in [0.29, 0.717) is 25.1 Å². The maximum absolute atomic E-state index is 13.0. The molecule has 1 N–H and O–H groups in total. The second-order valence-corrected chi connectivity index (χ2v) is 8.27. The number of carbonyl (C=O) groups excluding carboxylic acids is 1. The van der Waals surface area contributed by atoms with Crippen LogP contribution in [0.15, 0.2) is 67.3 Å². The normalized spacial score (nSPS) is 19.6. The van der Waals surface area contributed by atoms with Crippen molar-refractivity contribution in [1.29, 1.82) is 0 Å². The number of amides is 1. The third kappa shape index (κ3) is 3.00. The van der Waals surface area contributed by atoms with Gasteiger partial charge in [0.25, 0.3) is 5.91 Å². The molecular formula is C24H23N3O3. The SMILES string of the molecule is O=C(O)C1CC2(CCN(C(=O)c3ccc(-n4ccnc4)cc3)CC2)c2ccccc21. The number of hydrogen-bond donors (Lipinski definition) is 1. The average molecular weight is 401 g/mol. The molecule has 1 spiro atoms. The van der Waals surface area contributed by atoms with Gasteiger partial charge in [0.1, 0.15) is 0 Å². The second kappa shape index (κ2) is 7.13. The van der Waals surface area contributed by atoms with Crippen LogP contribution in [0, 0.1) is 0 Å². The minimum atomic E-state index is -0.754. The second-order valence-electron chi connectivity index (χ2n) is 8.27. The summed E-state index contributed by atoms with van der Waals surface area (Å²) in [5.74, 6) is -1.17. The Bertz CT molecular complexity index is 1080. The Balaban J connectivity index is 1.31. The fourth-order valence-electron chi connectivity index (χ4n) is 5.10. The molecule has 1 atom stereocenters. The fraction of sp³-hybridized carbons (Fsp3) is 0.292. The molecule has 1 amide bonds. The molecule has 2 heterocycles. The number of carboxylic acids is 1. The predicted octanol–water partition coefficient (Wildman–Crippen LogP) is 3.62. The molecule has 1 aliphatic heterocycles. The molecule has 3 aromatic rings. The van der Waals surface area contributed by atoms with Crippen LogP contribution in [-0.2, 0) is 10.2 Å². The highest BCUT2D eigenvalue weighted by Crippen LogP contribution is 2.51. The van der Waals surface area contributed by atoms with Gasteiger partial charge in [-0.3, -0.25) is 9.59 Å². The molecule has 1 saturated heterocycles. The van der Waals surface area contributed by atoms with Crippen LogP contribution in [0.5, 0.6) is 0 Å². The summed E-state index contributed by atoms with van der Waals surface area (Å²) in [7, 11) is 0. The van der Waals surface area contributed by atoms with E-state index in [4.69, 9.17) is 0 Å². The first kappa shape index (κ1) is 18.6. The molecule has 5 rings (SSSR count). The summed E-state index contributed by atoms with van der Waals surface area (Å²) in [5.41, 5.74) is 3.60. The highest BCUT2D eigenvalue weighted by atomic mass is 16.4. The molecule has 30 heavy (non-hydrogen) atoms. The first-order valence-electron chi connectivity index (χ1n) is 10.3. The van der Waals surface area contributed by atoms with Gasteiger partial charge in [-0.15, -0.1) is 0 Å². The number of hydrogen-bond acceptors (Lipinski definition) is 3. The molecule has 2 aliphatic rings. The maximum Gasteiger partial charge on any atom is 0.311 e. The highest BCUT2D eigenvalue weighted by molar-refractivity contribution is 5.94. The molecule has 1 unspecified atom stereocenters. The van der Waals surface area contributed by atoms with Gasteiger partial charge in [0, 0.05) is 42.1 Å². The van der Waals surface area contributed by atoms with E-state index in [-0.39, 0.29) is 11.3 Å². The molecule has 1 aliphatic carbocycles. The number of carboxylic acid groups (broad SMARTS) is 1. The third-order valence-corrected chi connectivity index (χ3v) is 6.73. The number of rotatable bonds is 3. The number of aliphatic carboxylic acids is 1. The molecular weight excluding hydrogens is 378 g/mol. The Morgan fingerprint density at radius 3 is 2.43 bits per heavy atom. The average Bonchev–Trinajstić information content (AvgIpc) is 3.42. The van der Waals surface area contributed by atoms with Crippen LogP contribution in [-0.4, -0.2) is 44.5 Å². The van der Waals surface area contributed by atoms with Crippen molar-refractivity contribution in [2.24, 2.45) is 0 Å². The first-order valence-corrected chi connectivity index (χ1v) is 10.3. The standard InChI is InChI=1S/C24H23N3O3/c28-22(17-5-7-18(8-6-17)27-14-11-25-16-27)26-12-9-24(10-13-26)15-20(23(29)30)19-3-1-2-4-21(19)24/h1-8,11,14,16,20H,9-10,12-13,15H2,(H,29,30). The van der Waals surface area contributed by atoms with E-state index in [2.05, 4.69) is 11.1 Å². The number of fused-ring (bicyclic) bond motifs is 2. The zero-order valence-corrected chi connectivity index (χ0v) is 16.6. The van der Waals surface area contributed by atoms with Crippen molar-refractivity contribution in [1.82, 2.24) is 14.5 Å². The van der Waals surface area contributed by atoms with E-state index in [1.807, 2.05) is 58.1 Å². The van der Waals surface area contributed by atoms with Gasteiger partial charge in [0.2, 0.25) is 0 Å². The highest BCUT2D eigenvalue weighted by Gasteiger charge is 2.48. The number of imidazole rings is 1. The molecule has 6 heteroatoms. The van der Waals surface area contributed by atoms with Crippen LogP contribution in [0.2, 0.25) is 0 Å². The predicted molar refractivity (Wildman–Crippen MR) is 112 cm³/mol.